The molecule has 0 radical (unpaired) electrons. The average Bonchev–Trinajstić information content (AvgIpc) is 2.62. The van der Waals surface area contributed by atoms with E-state index in [2.05, 4.69) is 33.5 Å². The summed E-state index contributed by atoms with van der Waals surface area (Å²) >= 11 is 0. The minimum Gasteiger partial charge on any atom is -0.358 e. The number of pyridine rings is 2. The molecule has 4 heteroatoms. The lowest BCUT2D eigenvalue weighted by atomic mass is 10.0. The lowest BCUT2D eigenvalue weighted by Crippen LogP contribution is -2.14. The Kier molecular flexibility index (Phi) is 4.08. The quantitative estimate of drug-likeness (QED) is 0.796. The van der Waals surface area contributed by atoms with Crippen molar-refractivity contribution in [2.45, 2.75) is 6.04 Å². The zero-order chi connectivity index (χ0) is 15.2. The summed E-state index contributed by atoms with van der Waals surface area (Å²) in [6.45, 7) is 0. The summed E-state index contributed by atoms with van der Waals surface area (Å²) in [5.74, 6) is 0.707. The fourth-order valence-electron chi connectivity index (χ4n) is 2.21. The van der Waals surface area contributed by atoms with Crippen molar-refractivity contribution in [3.8, 4) is 6.07 Å². The lowest BCUT2D eigenvalue weighted by molar-refractivity contribution is 0.878. The van der Waals surface area contributed by atoms with Crippen LogP contribution >= 0.6 is 0 Å². The van der Waals surface area contributed by atoms with Crippen LogP contribution < -0.4 is 5.32 Å². The standard InChI is InChI=1S/C18H14N4/c19-12-14-9-10-17(21-13-14)22-18(15-6-2-1-3-7-15)16-8-4-5-11-20-16/h1-11,13,18H,(H,21,22). The Morgan fingerprint density at radius 1 is 0.909 bits per heavy atom. The van der Waals surface area contributed by atoms with Gasteiger partial charge in [-0.3, -0.25) is 4.98 Å². The van der Waals surface area contributed by atoms with Crippen molar-refractivity contribution in [2.24, 2.45) is 0 Å². The van der Waals surface area contributed by atoms with E-state index in [-0.39, 0.29) is 6.04 Å². The number of nitriles is 1. The Morgan fingerprint density at radius 3 is 2.36 bits per heavy atom. The van der Waals surface area contributed by atoms with E-state index < -0.39 is 0 Å². The molecule has 0 aliphatic rings. The molecule has 22 heavy (non-hydrogen) atoms. The first-order valence-electron chi connectivity index (χ1n) is 6.95. The summed E-state index contributed by atoms with van der Waals surface area (Å²) in [7, 11) is 0. The van der Waals surface area contributed by atoms with E-state index >= 15 is 0 Å². The predicted molar refractivity (Wildman–Crippen MR) is 85.1 cm³/mol. The van der Waals surface area contributed by atoms with Crippen molar-refractivity contribution >= 4 is 5.82 Å². The molecule has 0 spiro atoms. The van der Waals surface area contributed by atoms with Crippen LogP contribution in [0, 0.1) is 11.3 Å². The third kappa shape index (κ3) is 3.10. The highest BCUT2D eigenvalue weighted by molar-refractivity contribution is 5.44. The second-order valence-electron chi connectivity index (χ2n) is 4.79. The average molecular weight is 286 g/mol. The van der Waals surface area contributed by atoms with Gasteiger partial charge in [0.15, 0.2) is 0 Å². The molecular formula is C18H14N4. The molecule has 0 bridgehead atoms. The van der Waals surface area contributed by atoms with Crippen molar-refractivity contribution in [3.05, 3.63) is 89.9 Å². The van der Waals surface area contributed by atoms with Crippen LogP contribution in [0.2, 0.25) is 0 Å². The molecule has 2 aromatic heterocycles. The molecule has 106 valence electrons. The number of aromatic nitrogens is 2. The molecule has 1 N–H and O–H groups in total. The lowest BCUT2D eigenvalue weighted by Gasteiger charge is -2.19. The second-order valence-corrected chi connectivity index (χ2v) is 4.79. The van der Waals surface area contributed by atoms with Crippen molar-refractivity contribution < 1.29 is 0 Å². The molecule has 0 saturated carbocycles. The van der Waals surface area contributed by atoms with Crippen molar-refractivity contribution in [1.82, 2.24) is 9.97 Å². The maximum atomic E-state index is 8.85. The van der Waals surface area contributed by atoms with Gasteiger partial charge >= 0.3 is 0 Å². The first kappa shape index (κ1) is 13.8. The smallest absolute Gasteiger partial charge is 0.126 e. The van der Waals surface area contributed by atoms with Crippen LogP contribution in [0.3, 0.4) is 0 Å². The van der Waals surface area contributed by atoms with Crippen molar-refractivity contribution in [1.29, 1.82) is 5.26 Å². The van der Waals surface area contributed by atoms with Gasteiger partial charge in [0, 0.05) is 12.4 Å². The van der Waals surface area contributed by atoms with Gasteiger partial charge in [-0.25, -0.2) is 4.98 Å². The van der Waals surface area contributed by atoms with Crippen LogP contribution in [0.25, 0.3) is 0 Å². The van der Waals surface area contributed by atoms with Gasteiger partial charge in [-0.2, -0.15) is 5.26 Å². The summed E-state index contributed by atoms with van der Waals surface area (Å²) < 4.78 is 0. The van der Waals surface area contributed by atoms with Gasteiger partial charge in [-0.05, 0) is 29.8 Å². The zero-order valence-electron chi connectivity index (χ0n) is 11.8. The molecule has 0 aliphatic heterocycles. The minimum atomic E-state index is -0.0946. The fraction of sp³-hybridized carbons (Fsp3) is 0.0556. The number of rotatable bonds is 4. The highest BCUT2D eigenvalue weighted by Gasteiger charge is 2.15. The Morgan fingerprint density at radius 2 is 1.73 bits per heavy atom. The fourth-order valence-corrected chi connectivity index (χ4v) is 2.21. The second kappa shape index (κ2) is 6.51. The van der Waals surface area contributed by atoms with E-state index in [1.807, 2.05) is 36.4 Å². The molecule has 1 unspecified atom stereocenters. The molecule has 0 aliphatic carbocycles. The Labute approximate surface area is 129 Å². The highest BCUT2D eigenvalue weighted by Crippen LogP contribution is 2.24. The number of hydrogen-bond acceptors (Lipinski definition) is 4. The summed E-state index contributed by atoms with van der Waals surface area (Å²) in [6.07, 6.45) is 3.34. The van der Waals surface area contributed by atoms with Crippen LogP contribution in [0.4, 0.5) is 5.82 Å². The Hall–Kier alpha value is -3.19. The van der Waals surface area contributed by atoms with E-state index in [4.69, 9.17) is 5.26 Å². The molecule has 0 amide bonds. The van der Waals surface area contributed by atoms with Gasteiger partial charge in [-0.1, -0.05) is 36.4 Å². The molecule has 4 nitrogen and oxygen atoms in total. The molecule has 3 aromatic rings. The molecule has 3 rings (SSSR count). The summed E-state index contributed by atoms with van der Waals surface area (Å²) in [5, 5.41) is 12.2. The van der Waals surface area contributed by atoms with Gasteiger partial charge in [0.1, 0.15) is 11.9 Å². The molecular weight excluding hydrogens is 272 g/mol. The summed E-state index contributed by atoms with van der Waals surface area (Å²) in [5.41, 5.74) is 2.56. The predicted octanol–water partition coefficient (Wildman–Crippen LogP) is 3.55. The Bertz CT molecular complexity index is 722. The first-order valence-corrected chi connectivity index (χ1v) is 6.95. The van der Waals surface area contributed by atoms with Crippen LogP contribution in [-0.2, 0) is 0 Å². The zero-order valence-corrected chi connectivity index (χ0v) is 11.8. The van der Waals surface area contributed by atoms with Gasteiger partial charge in [0.2, 0.25) is 0 Å². The van der Waals surface area contributed by atoms with Crippen LogP contribution in [0.1, 0.15) is 22.9 Å². The van der Waals surface area contributed by atoms with E-state index in [9.17, 15) is 0 Å². The highest BCUT2D eigenvalue weighted by atomic mass is 15.0. The number of nitrogens with zero attached hydrogens (tertiary/aromatic N) is 3. The SMILES string of the molecule is N#Cc1ccc(NC(c2ccccc2)c2ccccn2)nc1. The van der Waals surface area contributed by atoms with E-state index in [0.29, 0.717) is 11.4 Å². The molecule has 1 atom stereocenters. The molecule has 1 aromatic carbocycles. The third-order valence-corrected chi connectivity index (χ3v) is 3.30. The van der Waals surface area contributed by atoms with Gasteiger partial charge in [0.25, 0.3) is 0 Å². The first-order chi connectivity index (χ1) is 10.9. The van der Waals surface area contributed by atoms with Crippen LogP contribution in [0.5, 0.6) is 0 Å². The van der Waals surface area contributed by atoms with Crippen LogP contribution in [0.15, 0.2) is 73.1 Å². The number of nitrogens with one attached hydrogen (secondary N) is 1. The largest absolute Gasteiger partial charge is 0.358 e. The summed E-state index contributed by atoms with van der Waals surface area (Å²) in [6, 6.07) is 21.4. The molecule has 2 heterocycles. The third-order valence-electron chi connectivity index (χ3n) is 3.30. The maximum absolute atomic E-state index is 8.85. The maximum Gasteiger partial charge on any atom is 0.126 e. The normalized spacial score (nSPS) is 11.4. The van der Waals surface area contributed by atoms with E-state index in [0.717, 1.165) is 11.3 Å². The van der Waals surface area contributed by atoms with Crippen molar-refractivity contribution in [2.75, 3.05) is 5.32 Å². The molecule has 0 fully saturated rings. The number of benzene rings is 1. The molecule has 0 saturated heterocycles. The number of anilines is 1. The monoisotopic (exact) mass is 286 g/mol. The van der Waals surface area contributed by atoms with Crippen LogP contribution in [-0.4, -0.2) is 9.97 Å². The van der Waals surface area contributed by atoms with E-state index in [1.165, 1.54) is 0 Å². The number of hydrogen-bond donors (Lipinski definition) is 1. The topological polar surface area (TPSA) is 61.6 Å². The van der Waals surface area contributed by atoms with Gasteiger partial charge < -0.3 is 5.32 Å². The van der Waals surface area contributed by atoms with Crippen molar-refractivity contribution in [3.63, 3.8) is 0 Å². The Balaban J connectivity index is 1.94. The van der Waals surface area contributed by atoms with Gasteiger partial charge in [-0.15, -0.1) is 0 Å². The van der Waals surface area contributed by atoms with E-state index in [1.54, 1.807) is 24.5 Å². The summed E-state index contributed by atoms with van der Waals surface area (Å²) in [4.78, 5) is 8.72. The minimum absolute atomic E-state index is 0.0946. The van der Waals surface area contributed by atoms with Gasteiger partial charge in [0.05, 0.1) is 17.3 Å².